The van der Waals surface area contributed by atoms with Crippen molar-refractivity contribution in [2.75, 3.05) is 6.54 Å². The van der Waals surface area contributed by atoms with Crippen molar-refractivity contribution >= 4 is 21.8 Å². The van der Waals surface area contributed by atoms with Crippen LogP contribution in [0.1, 0.15) is 51.2 Å². The maximum atomic E-state index is 12.6. The highest BCUT2D eigenvalue weighted by Gasteiger charge is 2.28. The molecule has 3 N–H and O–H groups in total. The molecule has 0 aromatic heterocycles. The molecule has 0 heterocycles. The Hall–Kier alpha value is -2.71. The van der Waals surface area contributed by atoms with Crippen LogP contribution in [0.25, 0.3) is 0 Å². The van der Waals surface area contributed by atoms with Gasteiger partial charge >= 0.3 is 0 Å². The molecular formula is C25H33N3O4S. The number of amides is 2. The molecule has 1 atom stereocenters. The van der Waals surface area contributed by atoms with E-state index in [0.29, 0.717) is 6.42 Å². The highest BCUT2D eigenvalue weighted by molar-refractivity contribution is 7.89. The van der Waals surface area contributed by atoms with Crippen LogP contribution in [0, 0.1) is 0 Å². The van der Waals surface area contributed by atoms with E-state index in [1.54, 1.807) is 24.3 Å². The van der Waals surface area contributed by atoms with Crippen LogP contribution in [-0.2, 0) is 31.4 Å². The number of sulfonamides is 1. The largest absolute Gasteiger partial charge is 0.352 e. The molecule has 8 heteroatoms. The van der Waals surface area contributed by atoms with Crippen molar-refractivity contribution in [3.63, 3.8) is 0 Å². The van der Waals surface area contributed by atoms with Crippen LogP contribution >= 0.6 is 0 Å². The van der Waals surface area contributed by atoms with Crippen LogP contribution in [0.5, 0.6) is 0 Å². The van der Waals surface area contributed by atoms with Gasteiger partial charge < -0.3 is 10.6 Å². The minimum Gasteiger partial charge on any atom is -0.352 e. The van der Waals surface area contributed by atoms with E-state index in [9.17, 15) is 18.0 Å². The van der Waals surface area contributed by atoms with E-state index in [1.807, 2.05) is 30.3 Å². The molecule has 3 rings (SSSR count). The molecule has 7 nitrogen and oxygen atoms in total. The summed E-state index contributed by atoms with van der Waals surface area (Å²) in [5, 5.41) is 5.69. The van der Waals surface area contributed by atoms with Crippen LogP contribution in [-0.4, -0.2) is 38.9 Å². The summed E-state index contributed by atoms with van der Waals surface area (Å²) < 4.78 is 27.6. The molecule has 1 unspecified atom stereocenters. The molecule has 1 saturated carbocycles. The van der Waals surface area contributed by atoms with Crippen LogP contribution in [0.15, 0.2) is 59.5 Å². The fourth-order valence-corrected chi connectivity index (χ4v) is 4.40. The lowest BCUT2D eigenvalue weighted by Gasteiger charge is -2.19. The Morgan fingerprint density at radius 1 is 1.00 bits per heavy atom. The van der Waals surface area contributed by atoms with Gasteiger partial charge in [0.2, 0.25) is 21.8 Å². The number of benzene rings is 2. The summed E-state index contributed by atoms with van der Waals surface area (Å²) in [6.07, 6.45) is 2.21. The lowest BCUT2D eigenvalue weighted by Crippen LogP contribution is -2.49. The second kappa shape index (κ2) is 10.5. The van der Waals surface area contributed by atoms with E-state index in [4.69, 9.17) is 0 Å². The Kier molecular flexibility index (Phi) is 7.92. The van der Waals surface area contributed by atoms with E-state index in [1.165, 1.54) is 0 Å². The fraction of sp³-hybridized carbons (Fsp3) is 0.440. The molecule has 2 aromatic rings. The predicted octanol–water partition coefficient (Wildman–Crippen LogP) is 2.66. The third kappa shape index (κ3) is 7.68. The summed E-state index contributed by atoms with van der Waals surface area (Å²) in [4.78, 5) is 25.3. The molecule has 2 amide bonds. The van der Waals surface area contributed by atoms with Crippen molar-refractivity contribution in [2.45, 2.75) is 68.8 Å². The topological polar surface area (TPSA) is 104 Å². The van der Waals surface area contributed by atoms with E-state index in [0.717, 1.165) is 24.0 Å². The zero-order valence-electron chi connectivity index (χ0n) is 19.4. The summed E-state index contributed by atoms with van der Waals surface area (Å²) in [6, 6.07) is 15.7. The Bertz CT molecular complexity index is 1060. The molecule has 1 aliphatic rings. The molecule has 0 radical (unpaired) electrons. The van der Waals surface area contributed by atoms with Crippen molar-refractivity contribution in [1.82, 2.24) is 15.4 Å². The van der Waals surface area contributed by atoms with Crippen molar-refractivity contribution in [2.24, 2.45) is 0 Å². The second-order valence-electron chi connectivity index (χ2n) is 9.51. The zero-order chi connectivity index (χ0) is 24.1. The second-order valence-corrected chi connectivity index (χ2v) is 11.3. The average Bonchev–Trinajstić information content (AvgIpc) is 3.57. The molecule has 178 valence electrons. The van der Waals surface area contributed by atoms with Gasteiger partial charge in [0, 0.05) is 25.4 Å². The fourth-order valence-electron chi connectivity index (χ4n) is 3.37. The van der Waals surface area contributed by atoms with Gasteiger partial charge in [-0.25, -0.2) is 13.1 Å². The number of hydrogen-bond acceptors (Lipinski definition) is 4. The first kappa shape index (κ1) is 24.9. The van der Waals surface area contributed by atoms with Gasteiger partial charge in [0.1, 0.15) is 6.04 Å². The summed E-state index contributed by atoms with van der Waals surface area (Å²) in [7, 11) is -3.73. The van der Waals surface area contributed by atoms with E-state index in [-0.39, 0.29) is 41.1 Å². The third-order valence-electron chi connectivity index (χ3n) is 5.53. The smallest absolute Gasteiger partial charge is 0.243 e. The standard InChI is InChI=1S/C25H33N3O4S/c1-25(2,3)19-9-13-21(14-10-19)33(31,32)26-16-15-23(29)28-22(24(30)27-20-11-12-20)17-18-7-5-4-6-8-18/h4-10,13-14,20,22,26H,11-12,15-17H2,1-3H3,(H,27,30)(H,28,29). The monoisotopic (exact) mass is 471 g/mol. The normalized spacial score (nSPS) is 15.0. The number of rotatable bonds is 10. The molecule has 0 bridgehead atoms. The van der Waals surface area contributed by atoms with Crippen LogP contribution in [0.3, 0.4) is 0 Å². The molecule has 1 aliphatic carbocycles. The molecule has 1 fully saturated rings. The summed E-state index contributed by atoms with van der Waals surface area (Å²) >= 11 is 0. The van der Waals surface area contributed by atoms with Crippen LogP contribution in [0.4, 0.5) is 0 Å². The molecule has 0 aliphatic heterocycles. The minimum atomic E-state index is -3.73. The highest BCUT2D eigenvalue weighted by Crippen LogP contribution is 2.23. The Morgan fingerprint density at radius 3 is 2.21 bits per heavy atom. The molecular weight excluding hydrogens is 438 g/mol. The number of nitrogens with one attached hydrogen (secondary N) is 3. The van der Waals surface area contributed by atoms with Crippen molar-refractivity contribution in [3.05, 3.63) is 65.7 Å². The maximum absolute atomic E-state index is 12.6. The number of carbonyl (C=O) groups excluding carboxylic acids is 2. The van der Waals surface area contributed by atoms with Crippen molar-refractivity contribution in [3.8, 4) is 0 Å². The minimum absolute atomic E-state index is 0.0580. The van der Waals surface area contributed by atoms with E-state index < -0.39 is 16.1 Å². The van der Waals surface area contributed by atoms with Gasteiger partial charge in [-0.2, -0.15) is 0 Å². The van der Waals surface area contributed by atoms with E-state index in [2.05, 4.69) is 36.1 Å². The first-order chi connectivity index (χ1) is 15.5. The number of hydrogen-bond donors (Lipinski definition) is 3. The Balaban J connectivity index is 1.54. The molecule has 33 heavy (non-hydrogen) atoms. The van der Waals surface area contributed by atoms with Crippen molar-refractivity contribution < 1.29 is 18.0 Å². The van der Waals surface area contributed by atoms with Gasteiger partial charge in [-0.3, -0.25) is 9.59 Å². The SMILES string of the molecule is CC(C)(C)c1ccc(S(=O)(=O)NCCC(=O)NC(Cc2ccccc2)C(=O)NC2CC2)cc1. The third-order valence-corrected chi connectivity index (χ3v) is 7.01. The van der Waals surface area contributed by atoms with Gasteiger partial charge in [0.15, 0.2) is 0 Å². The highest BCUT2D eigenvalue weighted by atomic mass is 32.2. The molecule has 2 aromatic carbocycles. The summed E-state index contributed by atoms with van der Waals surface area (Å²) in [5.74, 6) is -0.595. The van der Waals surface area contributed by atoms with Gasteiger partial charge in [0.25, 0.3) is 0 Å². The van der Waals surface area contributed by atoms with Gasteiger partial charge in [-0.15, -0.1) is 0 Å². The average molecular weight is 472 g/mol. The maximum Gasteiger partial charge on any atom is 0.243 e. The number of carbonyl (C=O) groups is 2. The van der Waals surface area contributed by atoms with E-state index >= 15 is 0 Å². The zero-order valence-corrected chi connectivity index (χ0v) is 20.2. The summed E-state index contributed by atoms with van der Waals surface area (Å²) in [6.45, 7) is 6.12. The van der Waals surface area contributed by atoms with Crippen LogP contribution < -0.4 is 15.4 Å². The first-order valence-corrected chi connectivity index (χ1v) is 12.8. The van der Waals surface area contributed by atoms with Crippen LogP contribution in [0.2, 0.25) is 0 Å². The van der Waals surface area contributed by atoms with Gasteiger partial charge in [-0.05, 0) is 41.5 Å². The van der Waals surface area contributed by atoms with Crippen molar-refractivity contribution in [1.29, 1.82) is 0 Å². The van der Waals surface area contributed by atoms with Gasteiger partial charge in [0.05, 0.1) is 4.90 Å². The predicted molar refractivity (Wildman–Crippen MR) is 128 cm³/mol. The molecule has 0 spiro atoms. The Labute approximate surface area is 196 Å². The Morgan fingerprint density at radius 2 is 1.64 bits per heavy atom. The summed E-state index contributed by atoms with van der Waals surface area (Å²) in [5.41, 5.74) is 1.90. The van der Waals surface area contributed by atoms with Gasteiger partial charge in [-0.1, -0.05) is 63.2 Å². The molecule has 0 saturated heterocycles. The lowest BCUT2D eigenvalue weighted by molar-refractivity contribution is -0.129. The lowest BCUT2D eigenvalue weighted by atomic mass is 9.87. The quantitative estimate of drug-likeness (QED) is 0.495. The first-order valence-electron chi connectivity index (χ1n) is 11.3.